The minimum atomic E-state index is -0.401. The molecule has 0 saturated heterocycles. The maximum absolute atomic E-state index is 13.1. The molecule has 0 aliphatic carbocycles. The molecule has 36 heavy (non-hydrogen) atoms. The van der Waals surface area contributed by atoms with Crippen LogP contribution in [0.5, 0.6) is 11.5 Å². The average Bonchev–Trinajstić information content (AvgIpc) is 3.28. The van der Waals surface area contributed by atoms with Gasteiger partial charge in [0.2, 0.25) is 0 Å². The van der Waals surface area contributed by atoms with Crippen molar-refractivity contribution < 1.29 is 19.1 Å². The number of carbonyl (C=O) groups is 2. The number of carbonyl (C=O) groups excluding carboxylic acids is 2. The molecule has 4 rings (SSSR count). The molecule has 3 aromatic rings. The minimum Gasteiger partial charge on any atom is -0.497 e. The van der Waals surface area contributed by atoms with E-state index in [0.29, 0.717) is 52.4 Å². The Hall–Kier alpha value is -2.86. The van der Waals surface area contributed by atoms with E-state index in [1.54, 1.807) is 44.6 Å². The summed E-state index contributed by atoms with van der Waals surface area (Å²) >= 11 is 14.7. The molecule has 1 heterocycles. The first kappa shape index (κ1) is 26.2. The smallest absolute Gasteiger partial charge is 0.497 e. The molecule has 0 spiro atoms. The van der Waals surface area contributed by atoms with E-state index in [0.717, 1.165) is 16.7 Å². The number of benzene rings is 3. The van der Waals surface area contributed by atoms with Crippen molar-refractivity contribution >= 4 is 63.4 Å². The van der Waals surface area contributed by atoms with Gasteiger partial charge >= 0.3 is 188 Å². The number of nitrogens with one attached hydrogen (secondary N) is 2. The Morgan fingerprint density at radius 3 is 2.25 bits per heavy atom. The van der Waals surface area contributed by atoms with E-state index in [-0.39, 0.29) is 10.6 Å². The molecule has 186 valence electrons. The van der Waals surface area contributed by atoms with Crippen molar-refractivity contribution in [3.05, 3.63) is 81.3 Å². The van der Waals surface area contributed by atoms with Gasteiger partial charge in [-0.3, -0.25) is 0 Å². The summed E-state index contributed by atoms with van der Waals surface area (Å²) in [5.41, 5.74) is 4.09. The second-order valence-electron chi connectivity index (χ2n) is 8.31. The van der Waals surface area contributed by atoms with E-state index in [9.17, 15) is 9.59 Å². The van der Waals surface area contributed by atoms with Gasteiger partial charge in [0.1, 0.15) is 11.5 Å². The Morgan fingerprint density at radius 2 is 1.58 bits per heavy atom. The monoisotopic (exact) mass is 587 g/mol. The van der Waals surface area contributed by atoms with Gasteiger partial charge in [-0.15, -0.1) is 0 Å². The van der Waals surface area contributed by atoms with E-state index >= 15 is 0 Å². The van der Waals surface area contributed by atoms with Crippen molar-refractivity contribution in [3.63, 3.8) is 0 Å². The molecule has 0 fully saturated rings. The van der Waals surface area contributed by atoms with Gasteiger partial charge in [-0.1, -0.05) is 0 Å². The zero-order chi connectivity index (χ0) is 25.8. The summed E-state index contributed by atoms with van der Waals surface area (Å²) in [5.74, 6) is 1.16. The Balaban J connectivity index is 1.37. The standard InChI is InChI=1S/C26H24AsCl2N3O4/c1-35-21-10-20(11-22(12-21)36-2)31-26(34)30-19-6-4-16-13-32(14-17(16)7-19)25(33)23(27)8-15-3-5-18(28)9-24(15)29/h3-7,9-12,23H,8,13-14H2,1-2H3,(H2,30,31,34)/t23-/m1/s1. The Labute approximate surface area is 228 Å². The van der Waals surface area contributed by atoms with Crippen molar-refractivity contribution in [1.29, 1.82) is 0 Å². The maximum atomic E-state index is 13.1. The van der Waals surface area contributed by atoms with Crippen molar-refractivity contribution in [2.75, 3.05) is 24.9 Å². The predicted octanol–water partition coefficient (Wildman–Crippen LogP) is 5.70. The number of anilines is 2. The average molecular weight is 588 g/mol. The third-order valence-electron chi connectivity index (χ3n) is 5.82. The Kier molecular flexibility index (Phi) is 8.35. The normalized spacial score (nSPS) is 13.1. The van der Waals surface area contributed by atoms with Gasteiger partial charge in [0, 0.05) is 6.07 Å². The molecule has 1 atom stereocenters. The third kappa shape index (κ3) is 6.27. The summed E-state index contributed by atoms with van der Waals surface area (Å²) in [6.07, 6.45) is 0.504. The van der Waals surface area contributed by atoms with Crippen LogP contribution in [0, 0.1) is 0 Å². The summed E-state index contributed by atoms with van der Waals surface area (Å²) in [5, 5.41) is 6.74. The van der Waals surface area contributed by atoms with Crippen LogP contribution in [0.15, 0.2) is 54.6 Å². The molecule has 3 amide bonds. The fraction of sp³-hybridized carbons (Fsp3) is 0.231. The summed E-state index contributed by atoms with van der Waals surface area (Å²) < 4.78 is 10.2. The first-order chi connectivity index (χ1) is 17.2. The second kappa shape index (κ2) is 11.5. The van der Waals surface area contributed by atoms with Gasteiger partial charge in [-0.2, -0.15) is 0 Å². The molecule has 0 aromatic heterocycles. The second-order valence-corrected chi connectivity index (χ2v) is 10.5. The van der Waals surface area contributed by atoms with Crippen LogP contribution in [0.4, 0.5) is 16.2 Å². The van der Waals surface area contributed by atoms with Crippen LogP contribution < -0.4 is 20.1 Å². The van der Waals surface area contributed by atoms with Gasteiger partial charge < -0.3 is 9.47 Å². The Morgan fingerprint density at radius 1 is 0.917 bits per heavy atom. The summed E-state index contributed by atoms with van der Waals surface area (Å²) in [6.45, 7) is 0.994. The summed E-state index contributed by atoms with van der Waals surface area (Å²) in [4.78, 5) is 27.5. The molecular weight excluding hydrogens is 564 g/mol. The number of nitrogens with zero attached hydrogens (tertiary/aromatic N) is 1. The fourth-order valence-corrected chi connectivity index (χ4v) is 5.24. The molecule has 0 unspecified atom stereocenters. The van der Waals surface area contributed by atoms with Crippen molar-refractivity contribution in [1.82, 2.24) is 4.90 Å². The van der Waals surface area contributed by atoms with Gasteiger partial charge in [0.05, 0.1) is 14.2 Å². The van der Waals surface area contributed by atoms with E-state index in [4.69, 9.17) is 32.7 Å². The number of halogens is 2. The number of rotatable bonds is 7. The first-order valence-corrected chi connectivity index (χ1v) is 12.9. The van der Waals surface area contributed by atoms with Crippen LogP contribution >= 0.6 is 23.2 Å². The van der Waals surface area contributed by atoms with Gasteiger partial charge in [-0.25, -0.2) is 0 Å². The van der Waals surface area contributed by atoms with Gasteiger partial charge in [0.15, 0.2) is 0 Å². The van der Waals surface area contributed by atoms with Crippen molar-refractivity contribution in [3.8, 4) is 11.5 Å². The van der Waals surface area contributed by atoms with Gasteiger partial charge in [-0.05, 0) is 0 Å². The van der Waals surface area contributed by atoms with Crippen molar-refractivity contribution in [2.24, 2.45) is 0 Å². The fourth-order valence-electron chi connectivity index (χ4n) is 3.99. The SMILES string of the molecule is COc1cc(NC(=O)Nc2ccc3c(c2)CN(C(=O)[C@H]([As])Cc2ccc(Cl)cc2Cl)C3)cc(OC)c1. The molecule has 7 nitrogen and oxygen atoms in total. The molecular formula is C26H24AsCl2N3O4. The number of ether oxygens (including phenoxy) is 2. The number of methoxy groups -OCH3 is 2. The number of hydrogen-bond donors (Lipinski definition) is 2. The molecule has 10 heteroatoms. The molecule has 3 aromatic carbocycles. The predicted molar refractivity (Wildman–Crippen MR) is 143 cm³/mol. The topological polar surface area (TPSA) is 79.9 Å². The van der Waals surface area contributed by atoms with Crippen LogP contribution in [-0.2, 0) is 24.3 Å². The van der Waals surface area contributed by atoms with Gasteiger partial charge in [0.25, 0.3) is 0 Å². The molecule has 0 saturated carbocycles. The third-order valence-corrected chi connectivity index (χ3v) is 7.25. The van der Waals surface area contributed by atoms with E-state index in [2.05, 4.69) is 27.5 Å². The number of fused-ring (bicyclic) bond motifs is 1. The first-order valence-electron chi connectivity index (χ1n) is 11.1. The van der Waals surface area contributed by atoms with Crippen LogP contribution in [0.25, 0.3) is 0 Å². The molecule has 2 radical (unpaired) electrons. The Bertz CT molecular complexity index is 1280. The molecule has 1 aliphatic heterocycles. The molecule has 2 N–H and O–H groups in total. The number of urea groups is 1. The van der Waals surface area contributed by atoms with E-state index in [1.807, 2.05) is 29.2 Å². The number of amides is 3. The van der Waals surface area contributed by atoms with Crippen molar-refractivity contribution in [2.45, 2.75) is 24.2 Å². The molecule has 0 bridgehead atoms. The quantitative estimate of drug-likeness (QED) is 0.348. The summed E-state index contributed by atoms with van der Waals surface area (Å²) in [6, 6.07) is 15.7. The van der Waals surface area contributed by atoms with E-state index < -0.39 is 6.03 Å². The zero-order valence-electron chi connectivity index (χ0n) is 19.7. The van der Waals surface area contributed by atoms with Crippen LogP contribution in [0.2, 0.25) is 14.8 Å². The van der Waals surface area contributed by atoms with E-state index in [1.165, 1.54) is 0 Å². The van der Waals surface area contributed by atoms with Crippen LogP contribution in [0.3, 0.4) is 0 Å². The molecule has 1 aliphatic rings. The zero-order valence-corrected chi connectivity index (χ0v) is 23.1. The van der Waals surface area contributed by atoms with Crippen LogP contribution in [-0.4, -0.2) is 47.9 Å². The van der Waals surface area contributed by atoms with Crippen LogP contribution in [0.1, 0.15) is 16.7 Å². The summed E-state index contributed by atoms with van der Waals surface area (Å²) in [7, 11) is 3.09. The minimum absolute atomic E-state index is 0.0245. The number of hydrogen-bond acceptors (Lipinski definition) is 4.